The highest BCUT2D eigenvalue weighted by atomic mass is 16.1. The van der Waals surface area contributed by atoms with E-state index in [1.807, 2.05) is 31.4 Å². The summed E-state index contributed by atoms with van der Waals surface area (Å²) in [4.78, 5) is 12.5. The number of amides is 1. The van der Waals surface area contributed by atoms with Crippen molar-refractivity contribution in [2.45, 2.75) is 25.3 Å². The monoisotopic (exact) mass is 298 g/mol. The Hall–Kier alpha value is -2.14. The van der Waals surface area contributed by atoms with Gasteiger partial charge in [-0.2, -0.15) is 5.10 Å². The van der Waals surface area contributed by atoms with E-state index in [1.165, 1.54) is 0 Å². The summed E-state index contributed by atoms with van der Waals surface area (Å²) in [7, 11) is 1.87. The molecule has 1 saturated heterocycles. The van der Waals surface area contributed by atoms with Gasteiger partial charge in [-0.05, 0) is 36.9 Å². The van der Waals surface area contributed by atoms with Crippen LogP contribution in [0.2, 0.25) is 0 Å². The van der Waals surface area contributed by atoms with Gasteiger partial charge in [-0.15, -0.1) is 0 Å². The second-order valence-corrected chi connectivity index (χ2v) is 5.84. The quantitative estimate of drug-likeness (QED) is 0.905. The molecule has 0 radical (unpaired) electrons. The van der Waals surface area contributed by atoms with Crippen LogP contribution in [0, 0.1) is 0 Å². The molecule has 1 aliphatic heterocycles. The number of aryl methyl sites for hydroxylation is 1. The fourth-order valence-corrected chi connectivity index (χ4v) is 3.02. The molecule has 1 aromatic heterocycles. The summed E-state index contributed by atoms with van der Waals surface area (Å²) in [5, 5.41) is 10.5. The minimum Gasteiger partial charge on any atom is -0.348 e. The molecular formula is C17H22N4O. The van der Waals surface area contributed by atoms with Gasteiger partial charge in [-0.25, -0.2) is 0 Å². The molecule has 2 aromatic rings. The molecule has 0 aliphatic carbocycles. The van der Waals surface area contributed by atoms with Crippen LogP contribution >= 0.6 is 0 Å². The summed E-state index contributed by atoms with van der Waals surface area (Å²) in [5.74, 6) is 0.416. The molecule has 0 unspecified atom stereocenters. The number of hydrogen-bond donors (Lipinski definition) is 2. The predicted octanol–water partition coefficient (Wildman–Crippen LogP) is 1.82. The van der Waals surface area contributed by atoms with Crippen molar-refractivity contribution < 1.29 is 4.79 Å². The van der Waals surface area contributed by atoms with Crippen molar-refractivity contribution in [3.63, 3.8) is 0 Å². The Morgan fingerprint density at radius 2 is 2.32 bits per heavy atom. The van der Waals surface area contributed by atoms with Crippen molar-refractivity contribution in [1.82, 2.24) is 20.4 Å². The van der Waals surface area contributed by atoms with Gasteiger partial charge in [0.25, 0.3) is 5.91 Å². The van der Waals surface area contributed by atoms with Crippen LogP contribution in [0.3, 0.4) is 0 Å². The maximum absolute atomic E-state index is 12.5. The largest absolute Gasteiger partial charge is 0.348 e. The fraction of sp³-hybridized carbons (Fsp3) is 0.412. The summed E-state index contributed by atoms with van der Waals surface area (Å²) < 4.78 is 1.74. The Kier molecular flexibility index (Phi) is 4.53. The Labute approximate surface area is 130 Å². The molecule has 1 amide bonds. The summed E-state index contributed by atoms with van der Waals surface area (Å²) in [6.45, 7) is 2.53. The van der Waals surface area contributed by atoms with E-state index in [9.17, 15) is 4.79 Å². The Bertz CT molecular complexity index is 644. The van der Waals surface area contributed by atoms with E-state index < -0.39 is 0 Å². The second kappa shape index (κ2) is 6.75. The first kappa shape index (κ1) is 14.8. The third-order valence-corrected chi connectivity index (χ3v) is 4.15. The van der Waals surface area contributed by atoms with E-state index in [0.717, 1.165) is 42.6 Å². The topological polar surface area (TPSA) is 59.0 Å². The molecule has 3 rings (SSSR count). The first-order valence-electron chi connectivity index (χ1n) is 7.79. The van der Waals surface area contributed by atoms with Crippen LogP contribution in [0.4, 0.5) is 0 Å². The minimum atomic E-state index is -0.00923. The van der Waals surface area contributed by atoms with Gasteiger partial charge in [-0.3, -0.25) is 9.48 Å². The van der Waals surface area contributed by atoms with Gasteiger partial charge in [0.2, 0.25) is 0 Å². The van der Waals surface area contributed by atoms with E-state index in [4.69, 9.17) is 0 Å². The number of carbonyl (C=O) groups excluding carboxylic acids is 1. The van der Waals surface area contributed by atoms with Crippen LogP contribution < -0.4 is 10.6 Å². The van der Waals surface area contributed by atoms with Crippen molar-refractivity contribution in [3.05, 3.63) is 53.3 Å². The molecule has 0 spiro atoms. The molecule has 116 valence electrons. The van der Waals surface area contributed by atoms with Crippen LogP contribution in [0.15, 0.2) is 36.7 Å². The fourth-order valence-electron chi connectivity index (χ4n) is 3.02. The zero-order chi connectivity index (χ0) is 15.4. The average Bonchev–Trinajstić information content (AvgIpc) is 2.99. The first-order chi connectivity index (χ1) is 10.7. The van der Waals surface area contributed by atoms with E-state index in [0.29, 0.717) is 12.5 Å². The molecule has 0 saturated carbocycles. The molecule has 22 heavy (non-hydrogen) atoms. The molecule has 5 nitrogen and oxygen atoms in total. The smallest absolute Gasteiger partial charge is 0.251 e. The van der Waals surface area contributed by atoms with Gasteiger partial charge in [0.15, 0.2) is 0 Å². The minimum absolute atomic E-state index is 0.00923. The zero-order valence-electron chi connectivity index (χ0n) is 12.9. The standard InChI is InChI=1S/C17H22N4O/c1-21-12-13(10-20-21)9-19-17(22)16-7-3-2-6-15(16)14-5-4-8-18-11-14/h2-3,6-7,10,12,14,18H,4-5,8-9,11H2,1H3,(H,19,22)/t14-/m1/s1. The maximum Gasteiger partial charge on any atom is 0.251 e. The first-order valence-corrected chi connectivity index (χ1v) is 7.79. The van der Waals surface area contributed by atoms with Gasteiger partial charge < -0.3 is 10.6 Å². The summed E-state index contributed by atoms with van der Waals surface area (Å²) in [5.41, 5.74) is 2.95. The van der Waals surface area contributed by atoms with Gasteiger partial charge >= 0.3 is 0 Å². The van der Waals surface area contributed by atoms with Crippen LogP contribution in [0.25, 0.3) is 0 Å². The molecule has 1 fully saturated rings. The number of aromatic nitrogens is 2. The average molecular weight is 298 g/mol. The third kappa shape index (κ3) is 3.36. The molecule has 1 aromatic carbocycles. The summed E-state index contributed by atoms with van der Waals surface area (Å²) in [6, 6.07) is 7.94. The molecule has 1 atom stereocenters. The summed E-state index contributed by atoms with van der Waals surface area (Å²) >= 11 is 0. The van der Waals surface area contributed by atoms with Gasteiger partial charge in [-0.1, -0.05) is 18.2 Å². The van der Waals surface area contributed by atoms with Crippen molar-refractivity contribution in [2.24, 2.45) is 7.05 Å². The zero-order valence-corrected chi connectivity index (χ0v) is 12.9. The van der Waals surface area contributed by atoms with E-state index in [1.54, 1.807) is 10.9 Å². The number of piperidine rings is 1. The summed E-state index contributed by atoms with van der Waals surface area (Å²) in [6.07, 6.45) is 5.99. The molecular weight excluding hydrogens is 276 g/mol. The lowest BCUT2D eigenvalue weighted by molar-refractivity contribution is 0.0949. The van der Waals surface area contributed by atoms with E-state index >= 15 is 0 Å². The molecule has 2 N–H and O–H groups in total. The Morgan fingerprint density at radius 3 is 3.05 bits per heavy atom. The van der Waals surface area contributed by atoms with Crippen molar-refractivity contribution in [2.75, 3.05) is 13.1 Å². The molecule has 1 aliphatic rings. The highest BCUT2D eigenvalue weighted by Gasteiger charge is 2.20. The van der Waals surface area contributed by atoms with Gasteiger partial charge in [0.05, 0.1) is 6.20 Å². The Morgan fingerprint density at radius 1 is 1.45 bits per heavy atom. The van der Waals surface area contributed by atoms with Crippen molar-refractivity contribution >= 4 is 5.91 Å². The number of carbonyl (C=O) groups is 1. The van der Waals surface area contributed by atoms with E-state index in [2.05, 4.69) is 21.8 Å². The van der Waals surface area contributed by atoms with E-state index in [-0.39, 0.29) is 5.91 Å². The van der Waals surface area contributed by atoms with Gasteiger partial charge in [0, 0.05) is 37.5 Å². The number of nitrogens with zero attached hydrogens (tertiary/aromatic N) is 2. The lowest BCUT2D eigenvalue weighted by Gasteiger charge is -2.25. The SMILES string of the molecule is Cn1cc(CNC(=O)c2ccccc2[C@@H]2CCCNC2)cn1. The van der Waals surface area contributed by atoms with Gasteiger partial charge in [0.1, 0.15) is 0 Å². The van der Waals surface area contributed by atoms with Crippen LogP contribution in [0.5, 0.6) is 0 Å². The van der Waals surface area contributed by atoms with Crippen molar-refractivity contribution in [1.29, 1.82) is 0 Å². The molecule has 2 heterocycles. The lowest BCUT2D eigenvalue weighted by Crippen LogP contribution is -2.31. The second-order valence-electron chi connectivity index (χ2n) is 5.84. The highest BCUT2D eigenvalue weighted by molar-refractivity contribution is 5.95. The Balaban J connectivity index is 1.71. The lowest BCUT2D eigenvalue weighted by atomic mass is 9.88. The van der Waals surface area contributed by atoms with Crippen LogP contribution in [-0.2, 0) is 13.6 Å². The number of nitrogens with one attached hydrogen (secondary N) is 2. The molecule has 5 heteroatoms. The number of benzene rings is 1. The maximum atomic E-state index is 12.5. The normalized spacial score (nSPS) is 18.1. The van der Waals surface area contributed by atoms with Crippen molar-refractivity contribution in [3.8, 4) is 0 Å². The third-order valence-electron chi connectivity index (χ3n) is 4.15. The van der Waals surface area contributed by atoms with Crippen LogP contribution in [0.1, 0.15) is 40.2 Å². The van der Waals surface area contributed by atoms with Crippen LogP contribution in [-0.4, -0.2) is 28.8 Å². The number of rotatable bonds is 4. The number of hydrogen-bond acceptors (Lipinski definition) is 3. The molecule has 0 bridgehead atoms. The highest BCUT2D eigenvalue weighted by Crippen LogP contribution is 2.26. The predicted molar refractivity (Wildman–Crippen MR) is 85.7 cm³/mol.